The van der Waals surface area contributed by atoms with Gasteiger partial charge in [-0.1, -0.05) is 141 Å². The lowest BCUT2D eigenvalue weighted by molar-refractivity contribution is 0.624. The van der Waals surface area contributed by atoms with Crippen molar-refractivity contribution in [2.45, 2.75) is 19.3 Å². The van der Waals surface area contributed by atoms with Crippen molar-refractivity contribution in [3.8, 4) is 61.8 Å². The van der Waals surface area contributed by atoms with E-state index in [0.29, 0.717) is 5.82 Å². The van der Waals surface area contributed by atoms with Crippen molar-refractivity contribution >= 4 is 22.1 Å². The Labute approximate surface area is 296 Å². The fourth-order valence-corrected chi connectivity index (χ4v) is 7.94. The highest BCUT2D eigenvalue weighted by atomic mass is 16.3. The Morgan fingerprint density at radius 2 is 1.10 bits per heavy atom. The summed E-state index contributed by atoms with van der Waals surface area (Å²) in [5.41, 5.74) is 16.1. The van der Waals surface area contributed by atoms with Crippen molar-refractivity contribution in [1.82, 2.24) is 14.5 Å². The zero-order valence-electron chi connectivity index (χ0n) is 28.3. The van der Waals surface area contributed by atoms with E-state index in [1.165, 1.54) is 22.4 Å². The van der Waals surface area contributed by atoms with Crippen molar-refractivity contribution in [2.75, 3.05) is 0 Å². The second kappa shape index (κ2) is 11.3. The molecule has 4 nitrogen and oxygen atoms in total. The van der Waals surface area contributed by atoms with Crippen LogP contribution in [0, 0.1) is 0 Å². The Bertz CT molecular complexity index is 2680. The number of hydrogen-bond acceptors (Lipinski definition) is 3. The lowest BCUT2D eigenvalue weighted by atomic mass is 9.84. The van der Waals surface area contributed by atoms with Gasteiger partial charge in [-0.25, -0.2) is 9.97 Å². The van der Waals surface area contributed by atoms with Gasteiger partial charge in [0.05, 0.1) is 11.4 Å². The van der Waals surface area contributed by atoms with Gasteiger partial charge in [0.2, 0.25) is 0 Å². The molecule has 0 radical (unpaired) electrons. The van der Waals surface area contributed by atoms with Crippen LogP contribution >= 0.6 is 0 Å². The summed E-state index contributed by atoms with van der Waals surface area (Å²) in [7, 11) is 0. The molecule has 6 aromatic carbocycles. The van der Waals surface area contributed by atoms with Crippen LogP contribution in [0.25, 0.3) is 83.9 Å². The topological polar surface area (TPSA) is 43.9 Å². The van der Waals surface area contributed by atoms with Crippen molar-refractivity contribution in [1.29, 1.82) is 0 Å². The van der Waals surface area contributed by atoms with E-state index in [0.717, 1.165) is 67.0 Å². The lowest BCUT2D eigenvalue weighted by Crippen LogP contribution is -2.19. The second-order valence-electron chi connectivity index (χ2n) is 13.8. The van der Waals surface area contributed by atoms with Crippen LogP contribution in [0.15, 0.2) is 168 Å². The van der Waals surface area contributed by atoms with Gasteiger partial charge in [-0.15, -0.1) is 0 Å². The predicted octanol–water partition coefficient (Wildman–Crippen LogP) is 12.1. The van der Waals surface area contributed by atoms with Gasteiger partial charge in [0, 0.05) is 44.4 Å². The standard InChI is InChI=1S/C47H33N3O/c1-47(2)38-27-26-34(28-37(38)42-44-43(36-20-12-13-21-41(36)51-44)50(45(42)47)35-18-10-5-11-19-35)30-22-24-33(25-23-30)46-48-39(31-14-6-3-7-15-31)29-40(49-46)32-16-8-4-9-17-32/h3-29H,1-2H3. The van der Waals surface area contributed by atoms with Gasteiger partial charge in [-0.3, -0.25) is 0 Å². The number of fused-ring (bicyclic) bond motifs is 7. The largest absolute Gasteiger partial charge is 0.454 e. The molecule has 0 spiro atoms. The fourth-order valence-electron chi connectivity index (χ4n) is 7.94. The first-order chi connectivity index (χ1) is 25.0. The number of para-hydroxylation sites is 2. The van der Waals surface area contributed by atoms with E-state index in [1.807, 2.05) is 42.5 Å². The molecule has 0 N–H and O–H groups in total. The minimum absolute atomic E-state index is 0.233. The molecule has 3 aromatic heterocycles. The van der Waals surface area contributed by atoms with Gasteiger partial charge in [0.1, 0.15) is 11.1 Å². The Balaban J connectivity index is 1.10. The molecule has 9 aromatic rings. The average Bonchev–Trinajstić information content (AvgIpc) is 3.81. The monoisotopic (exact) mass is 655 g/mol. The molecule has 0 unspecified atom stereocenters. The first-order valence-electron chi connectivity index (χ1n) is 17.4. The Morgan fingerprint density at radius 1 is 0.529 bits per heavy atom. The summed E-state index contributed by atoms with van der Waals surface area (Å²) >= 11 is 0. The molecule has 0 bridgehead atoms. The normalized spacial score (nSPS) is 13.1. The summed E-state index contributed by atoms with van der Waals surface area (Å²) in [6.45, 7) is 4.67. The molecular formula is C47H33N3O. The molecule has 51 heavy (non-hydrogen) atoms. The minimum atomic E-state index is -0.233. The lowest BCUT2D eigenvalue weighted by Gasteiger charge is -2.24. The summed E-state index contributed by atoms with van der Waals surface area (Å²) in [4.78, 5) is 10.1. The van der Waals surface area contributed by atoms with Gasteiger partial charge in [-0.2, -0.15) is 0 Å². The maximum atomic E-state index is 6.71. The molecule has 0 atom stereocenters. The highest BCUT2D eigenvalue weighted by Crippen LogP contribution is 2.55. The molecular weight excluding hydrogens is 623 g/mol. The maximum absolute atomic E-state index is 6.71. The SMILES string of the molecule is CC1(C)c2ccc(-c3ccc(-c4nc(-c5ccccc5)cc(-c5ccccc5)n4)cc3)cc2-c2c1n(-c1ccccc1)c1c2oc2ccccc21. The Morgan fingerprint density at radius 3 is 1.76 bits per heavy atom. The summed E-state index contributed by atoms with van der Waals surface area (Å²) in [5, 5.41) is 1.13. The molecule has 0 fully saturated rings. The van der Waals surface area contributed by atoms with E-state index in [9.17, 15) is 0 Å². The molecule has 4 heteroatoms. The number of benzene rings is 6. The molecule has 1 aliphatic carbocycles. The number of hydrogen-bond donors (Lipinski definition) is 0. The Hall–Kier alpha value is -6.52. The predicted molar refractivity (Wildman–Crippen MR) is 208 cm³/mol. The average molecular weight is 656 g/mol. The number of aromatic nitrogens is 3. The molecule has 1 aliphatic rings. The van der Waals surface area contributed by atoms with Crippen molar-refractivity contribution in [3.63, 3.8) is 0 Å². The van der Waals surface area contributed by atoms with Crippen LogP contribution in [-0.4, -0.2) is 14.5 Å². The van der Waals surface area contributed by atoms with E-state index in [1.54, 1.807) is 0 Å². The van der Waals surface area contributed by atoms with Gasteiger partial charge in [0.15, 0.2) is 11.4 Å². The van der Waals surface area contributed by atoms with Crippen LogP contribution in [0.2, 0.25) is 0 Å². The van der Waals surface area contributed by atoms with E-state index in [-0.39, 0.29) is 5.41 Å². The van der Waals surface area contributed by atoms with Crippen LogP contribution in [-0.2, 0) is 5.41 Å². The third-order valence-corrected chi connectivity index (χ3v) is 10.4. The first kappa shape index (κ1) is 29.4. The summed E-state index contributed by atoms with van der Waals surface area (Å²) in [5.74, 6) is 0.705. The zero-order chi connectivity index (χ0) is 34.1. The van der Waals surface area contributed by atoms with Crippen LogP contribution < -0.4 is 0 Å². The summed E-state index contributed by atoms with van der Waals surface area (Å²) < 4.78 is 9.14. The van der Waals surface area contributed by atoms with Crippen LogP contribution in [0.5, 0.6) is 0 Å². The quantitative estimate of drug-likeness (QED) is 0.185. The van der Waals surface area contributed by atoms with E-state index in [4.69, 9.17) is 14.4 Å². The number of nitrogens with zero attached hydrogens (tertiary/aromatic N) is 3. The van der Waals surface area contributed by atoms with E-state index < -0.39 is 0 Å². The fraction of sp³-hybridized carbons (Fsp3) is 0.0638. The summed E-state index contributed by atoms with van der Waals surface area (Å²) in [6.07, 6.45) is 0. The zero-order valence-corrected chi connectivity index (χ0v) is 28.3. The molecule has 242 valence electrons. The van der Waals surface area contributed by atoms with Crippen LogP contribution in [0.4, 0.5) is 0 Å². The van der Waals surface area contributed by atoms with Gasteiger partial charge in [-0.05, 0) is 58.7 Å². The highest BCUT2D eigenvalue weighted by Gasteiger charge is 2.43. The molecule has 0 saturated heterocycles. The van der Waals surface area contributed by atoms with Crippen molar-refractivity contribution in [2.24, 2.45) is 0 Å². The van der Waals surface area contributed by atoms with Gasteiger partial charge in [0.25, 0.3) is 0 Å². The van der Waals surface area contributed by atoms with E-state index >= 15 is 0 Å². The molecule has 0 saturated carbocycles. The third kappa shape index (κ3) is 4.60. The first-order valence-corrected chi connectivity index (χ1v) is 17.4. The smallest absolute Gasteiger partial charge is 0.161 e. The molecule has 0 aliphatic heterocycles. The third-order valence-electron chi connectivity index (χ3n) is 10.4. The van der Waals surface area contributed by atoms with Gasteiger partial charge >= 0.3 is 0 Å². The number of rotatable bonds is 5. The van der Waals surface area contributed by atoms with E-state index in [2.05, 4.69) is 140 Å². The minimum Gasteiger partial charge on any atom is -0.454 e. The van der Waals surface area contributed by atoms with Crippen LogP contribution in [0.3, 0.4) is 0 Å². The van der Waals surface area contributed by atoms with Gasteiger partial charge < -0.3 is 8.98 Å². The second-order valence-corrected chi connectivity index (χ2v) is 13.8. The molecule has 0 amide bonds. The number of furan rings is 1. The maximum Gasteiger partial charge on any atom is 0.161 e. The highest BCUT2D eigenvalue weighted by molar-refractivity contribution is 6.12. The summed E-state index contributed by atoms with van der Waals surface area (Å²) in [6, 6.07) is 57.3. The van der Waals surface area contributed by atoms with Crippen molar-refractivity contribution < 1.29 is 4.42 Å². The Kier molecular flexibility index (Phi) is 6.49. The molecule has 10 rings (SSSR count). The van der Waals surface area contributed by atoms with Crippen LogP contribution in [0.1, 0.15) is 25.1 Å². The molecule has 3 heterocycles. The van der Waals surface area contributed by atoms with Crippen molar-refractivity contribution in [3.05, 3.63) is 175 Å².